The number of methoxy groups -OCH3 is 1. The zero-order valence-corrected chi connectivity index (χ0v) is 20.1. The Morgan fingerprint density at radius 1 is 1.25 bits per heavy atom. The van der Waals surface area contributed by atoms with Gasteiger partial charge in [0, 0.05) is 10.2 Å². The average molecular weight is 538 g/mol. The first-order valence-corrected chi connectivity index (χ1v) is 11.2. The number of hydrogen-bond acceptors (Lipinski definition) is 6. The summed E-state index contributed by atoms with van der Waals surface area (Å²) in [5.41, 5.74) is 1.10. The van der Waals surface area contributed by atoms with Crippen molar-refractivity contribution in [2.45, 2.75) is 0 Å². The van der Waals surface area contributed by atoms with Crippen molar-refractivity contribution in [2.24, 2.45) is 0 Å². The molecule has 7 nitrogen and oxygen atoms in total. The van der Waals surface area contributed by atoms with E-state index >= 15 is 0 Å². The highest BCUT2D eigenvalue weighted by Crippen LogP contribution is 2.34. The fourth-order valence-electron chi connectivity index (χ4n) is 2.75. The summed E-state index contributed by atoms with van der Waals surface area (Å²) in [5.74, 6) is -0.0537. The Kier molecular flexibility index (Phi) is 8.00. The maximum atomic E-state index is 12.7. The summed E-state index contributed by atoms with van der Waals surface area (Å²) in [7, 11) is 1.50. The minimum Gasteiger partial charge on any atom is -0.493 e. The summed E-state index contributed by atoms with van der Waals surface area (Å²) in [5, 5.41) is 2.52. The molecule has 0 unspecified atom stereocenters. The third kappa shape index (κ3) is 5.73. The van der Waals surface area contributed by atoms with E-state index < -0.39 is 23.6 Å². The van der Waals surface area contributed by atoms with Crippen LogP contribution in [0.3, 0.4) is 0 Å². The molecule has 1 N–H and O–H groups in total. The van der Waals surface area contributed by atoms with Gasteiger partial charge in [0.05, 0.1) is 17.0 Å². The maximum Gasteiger partial charge on any atom is 0.294 e. The Morgan fingerprint density at radius 2 is 2.03 bits per heavy atom. The molecule has 0 spiro atoms. The molecule has 32 heavy (non-hydrogen) atoms. The minimum absolute atomic E-state index is 0.205. The van der Waals surface area contributed by atoms with Crippen molar-refractivity contribution in [2.75, 3.05) is 25.6 Å². The lowest BCUT2D eigenvalue weighted by molar-refractivity contribution is -0.127. The topological polar surface area (TPSA) is 84.9 Å². The lowest BCUT2D eigenvalue weighted by Crippen LogP contribution is -2.36. The highest BCUT2D eigenvalue weighted by molar-refractivity contribution is 9.10. The van der Waals surface area contributed by atoms with Crippen LogP contribution < -0.4 is 14.8 Å². The second kappa shape index (κ2) is 10.7. The van der Waals surface area contributed by atoms with E-state index in [4.69, 9.17) is 21.1 Å². The van der Waals surface area contributed by atoms with Gasteiger partial charge in [-0.05, 0) is 69.7 Å². The second-order valence-electron chi connectivity index (χ2n) is 6.45. The van der Waals surface area contributed by atoms with E-state index in [1.807, 2.05) is 0 Å². The number of carbonyl (C=O) groups excluding carboxylic acids is 3. The van der Waals surface area contributed by atoms with Gasteiger partial charge >= 0.3 is 0 Å². The minimum atomic E-state index is -0.546. The third-order valence-corrected chi connectivity index (χ3v) is 6.36. The Labute approximate surface area is 202 Å². The number of hydrogen-bond donors (Lipinski definition) is 1. The van der Waals surface area contributed by atoms with Crippen molar-refractivity contribution in [1.29, 1.82) is 0 Å². The average Bonchev–Trinajstić information content (AvgIpc) is 3.02. The molecule has 2 aromatic rings. The molecule has 166 valence electrons. The van der Waals surface area contributed by atoms with Gasteiger partial charge in [0.25, 0.3) is 11.1 Å². The SMILES string of the molecule is C=CCOc1ccc(/C=C2/SC(=O)N(CC(=O)Nc3ccc(Br)c(Cl)c3)C2=O)cc1OC. The monoisotopic (exact) mass is 536 g/mol. The van der Waals surface area contributed by atoms with Gasteiger partial charge in [0.1, 0.15) is 13.2 Å². The van der Waals surface area contributed by atoms with Crippen molar-refractivity contribution >= 4 is 68.1 Å². The number of thioether (sulfide) groups is 1. The predicted molar refractivity (Wildman–Crippen MR) is 129 cm³/mol. The van der Waals surface area contributed by atoms with Crippen LogP contribution in [0.15, 0.2) is 58.4 Å². The van der Waals surface area contributed by atoms with Gasteiger partial charge in [0.15, 0.2) is 11.5 Å². The third-order valence-electron chi connectivity index (χ3n) is 4.22. The van der Waals surface area contributed by atoms with Gasteiger partial charge in [-0.1, -0.05) is 30.3 Å². The normalized spacial score (nSPS) is 14.6. The molecule has 0 aromatic heterocycles. The predicted octanol–water partition coefficient (Wildman–Crippen LogP) is 5.35. The lowest BCUT2D eigenvalue weighted by Gasteiger charge is -2.13. The smallest absolute Gasteiger partial charge is 0.294 e. The quantitative estimate of drug-likeness (QED) is 0.361. The summed E-state index contributed by atoms with van der Waals surface area (Å²) >= 11 is 10.1. The lowest BCUT2D eigenvalue weighted by atomic mass is 10.2. The fourth-order valence-corrected chi connectivity index (χ4v) is 4.01. The van der Waals surface area contributed by atoms with Crippen LogP contribution >= 0.6 is 39.3 Å². The van der Waals surface area contributed by atoms with Crippen LogP contribution in [0, 0.1) is 0 Å². The van der Waals surface area contributed by atoms with Crippen LogP contribution in [-0.4, -0.2) is 42.2 Å². The molecule has 1 heterocycles. The van der Waals surface area contributed by atoms with Crippen LogP contribution in [0.2, 0.25) is 5.02 Å². The molecule has 10 heteroatoms. The highest BCUT2D eigenvalue weighted by Gasteiger charge is 2.36. The Hall–Kier alpha value is -2.75. The number of amides is 3. The van der Waals surface area contributed by atoms with Crippen LogP contribution in [0.4, 0.5) is 10.5 Å². The second-order valence-corrected chi connectivity index (χ2v) is 8.71. The maximum absolute atomic E-state index is 12.7. The van der Waals surface area contributed by atoms with E-state index in [1.165, 1.54) is 7.11 Å². The molecule has 0 saturated carbocycles. The van der Waals surface area contributed by atoms with Crippen LogP contribution in [0.25, 0.3) is 6.08 Å². The number of imide groups is 1. The highest BCUT2D eigenvalue weighted by atomic mass is 79.9. The van der Waals surface area contributed by atoms with Gasteiger partial charge in [0.2, 0.25) is 5.91 Å². The fraction of sp³-hybridized carbons (Fsp3) is 0.136. The zero-order valence-electron chi connectivity index (χ0n) is 16.9. The summed E-state index contributed by atoms with van der Waals surface area (Å²) in [6.45, 7) is 3.52. The molecule has 1 fully saturated rings. The standard InChI is InChI=1S/C22H18BrClN2O5S/c1-3-8-31-17-7-4-13(9-18(17)30-2)10-19-21(28)26(22(29)32-19)12-20(27)25-14-5-6-15(23)16(24)11-14/h3-7,9-11H,1,8,12H2,2H3,(H,25,27)/b19-10+. The van der Waals surface area contributed by atoms with Gasteiger partial charge in [-0.15, -0.1) is 0 Å². The van der Waals surface area contributed by atoms with Crippen molar-refractivity contribution < 1.29 is 23.9 Å². The summed E-state index contributed by atoms with van der Waals surface area (Å²) in [6, 6.07) is 10.0. The van der Waals surface area contributed by atoms with Gasteiger partial charge in [-0.2, -0.15) is 0 Å². The summed E-state index contributed by atoms with van der Waals surface area (Å²) < 4.78 is 11.5. The van der Waals surface area contributed by atoms with Gasteiger partial charge in [-0.25, -0.2) is 0 Å². The van der Waals surface area contributed by atoms with E-state index in [1.54, 1.807) is 48.6 Å². The zero-order chi connectivity index (χ0) is 23.3. The number of anilines is 1. The first kappa shape index (κ1) is 23.9. The molecule has 1 aliphatic heterocycles. The van der Waals surface area contributed by atoms with E-state index in [-0.39, 0.29) is 4.91 Å². The first-order valence-electron chi connectivity index (χ1n) is 9.24. The van der Waals surface area contributed by atoms with Crippen molar-refractivity contribution in [3.8, 4) is 11.5 Å². The molecule has 0 bridgehead atoms. The van der Waals surface area contributed by atoms with Crippen LogP contribution in [0.1, 0.15) is 5.56 Å². The van der Waals surface area contributed by atoms with Crippen LogP contribution in [0.5, 0.6) is 11.5 Å². The Balaban J connectivity index is 1.71. The first-order chi connectivity index (χ1) is 15.3. The molecule has 0 atom stereocenters. The van der Waals surface area contributed by atoms with Crippen molar-refractivity contribution in [3.05, 3.63) is 69.0 Å². The molecule has 1 saturated heterocycles. The number of ether oxygens (including phenoxy) is 2. The molecule has 2 aromatic carbocycles. The molecule has 0 radical (unpaired) electrons. The number of rotatable bonds is 8. The number of halogens is 2. The summed E-state index contributed by atoms with van der Waals surface area (Å²) in [4.78, 5) is 38.5. The number of benzene rings is 2. The number of nitrogens with zero attached hydrogens (tertiary/aromatic N) is 1. The number of nitrogens with one attached hydrogen (secondary N) is 1. The molecular weight excluding hydrogens is 520 g/mol. The van der Waals surface area contributed by atoms with Crippen molar-refractivity contribution in [1.82, 2.24) is 4.90 Å². The number of carbonyl (C=O) groups is 3. The van der Waals surface area contributed by atoms with E-state index in [0.717, 1.165) is 16.7 Å². The molecule has 3 rings (SSSR count). The largest absolute Gasteiger partial charge is 0.493 e. The van der Waals surface area contributed by atoms with Crippen molar-refractivity contribution in [3.63, 3.8) is 0 Å². The molecular formula is C22H18BrClN2O5S. The summed E-state index contributed by atoms with van der Waals surface area (Å²) in [6.07, 6.45) is 3.18. The Morgan fingerprint density at radius 3 is 2.72 bits per heavy atom. The Bertz CT molecular complexity index is 1120. The van der Waals surface area contributed by atoms with E-state index in [0.29, 0.717) is 38.9 Å². The van der Waals surface area contributed by atoms with Crippen LogP contribution in [-0.2, 0) is 9.59 Å². The van der Waals surface area contributed by atoms with E-state index in [9.17, 15) is 14.4 Å². The molecule has 3 amide bonds. The molecule has 1 aliphatic rings. The van der Waals surface area contributed by atoms with Gasteiger partial charge in [-0.3, -0.25) is 19.3 Å². The van der Waals surface area contributed by atoms with E-state index in [2.05, 4.69) is 27.8 Å². The molecule has 0 aliphatic carbocycles. The van der Waals surface area contributed by atoms with Gasteiger partial charge < -0.3 is 14.8 Å².